The van der Waals surface area contributed by atoms with Gasteiger partial charge < -0.3 is 15.5 Å². The fourth-order valence-electron chi connectivity index (χ4n) is 1.28. The number of carboxylic acid groups (broad SMARTS) is 1. The Labute approximate surface area is 103 Å². The molecule has 3 N–H and O–H groups in total. The average molecular weight is 254 g/mol. The third-order valence-corrected chi connectivity index (χ3v) is 2.15. The first-order valence-electron chi connectivity index (χ1n) is 5.19. The van der Waals surface area contributed by atoms with Crippen molar-refractivity contribution < 1.29 is 19.9 Å². The summed E-state index contributed by atoms with van der Waals surface area (Å²) in [5, 5.41) is 31.8. The summed E-state index contributed by atoms with van der Waals surface area (Å²) in [5.41, 5.74) is -1.35. The number of nitro benzene ring substituents is 1. The number of hydrogen-bond acceptors (Lipinski definition) is 5. The minimum atomic E-state index is -1.23. The van der Waals surface area contributed by atoms with Crippen LogP contribution in [0.15, 0.2) is 18.2 Å². The van der Waals surface area contributed by atoms with Crippen molar-refractivity contribution in [3.8, 4) is 0 Å². The number of nitro groups is 1. The third-order valence-electron chi connectivity index (χ3n) is 2.15. The average Bonchev–Trinajstić information content (AvgIpc) is 2.24. The van der Waals surface area contributed by atoms with Crippen molar-refractivity contribution in [3.63, 3.8) is 0 Å². The maximum Gasteiger partial charge on any atom is 0.335 e. The summed E-state index contributed by atoms with van der Waals surface area (Å²) in [6.45, 7) is 3.22. The van der Waals surface area contributed by atoms with Gasteiger partial charge >= 0.3 is 5.97 Å². The molecule has 98 valence electrons. The summed E-state index contributed by atoms with van der Waals surface area (Å²) >= 11 is 0. The van der Waals surface area contributed by atoms with Gasteiger partial charge in [0.2, 0.25) is 0 Å². The number of anilines is 1. The van der Waals surface area contributed by atoms with E-state index in [9.17, 15) is 20.0 Å². The zero-order valence-corrected chi connectivity index (χ0v) is 10.0. The SMILES string of the molecule is CC(C)(O)CNc1ccc(C(=O)O)cc1[N+](=O)[O-]. The molecule has 7 heteroatoms. The highest BCUT2D eigenvalue weighted by atomic mass is 16.6. The molecule has 0 saturated heterocycles. The van der Waals surface area contributed by atoms with Crippen LogP contribution in [0.2, 0.25) is 0 Å². The Bertz CT molecular complexity index is 479. The van der Waals surface area contributed by atoms with Crippen LogP contribution in [-0.2, 0) is 0 Å². The Morgan fingerprint density at radius 1 is 1.50 bits per heavy atom. The fraction of sp³-hybridized carbons (Fsp3) is 0.364. The molecule has 0 aliphatic carbocycles. The Morgan fingerprint density at radius 3 is 2.56 bits per heavy atom. The third kappa shape index (κ3) is 3.70. The molecule has 0 atom stereocenters. The lowest BCUT2D eigenvalue weighted by atomic mass is 10.1. The molecule has 0 aliphatic heterocycles. The Balaban J connectivity index is 3.05. The van der Waals surface area contributed by atoms with Gasteiger partial charge in [-0.15, -0.1) is 0 Å². The predicted octanol–water partition coefficient (Wildman–Crippen LogP) is 1.48. The maximum atomic E-state index is 10.8. The molecule has 0 amide bonds. The van der Waals surface area contributed by atoms with Crippen molar-refractivity contribution in [1.82, 2.24) is 0 Å². The monoisotopic (exact) mass is 254 g/mol. The van der Waals surface area contributed by atoms with Gasteiger partial charge in [-0.3, -0.25) is 10.1 Å². The highest BCUT2D eigenvalue weighted by molar-refractivity contribution is 5.89. The van der Waals surface area contributed by atoms with Gasteiger partial charge in [-0.1, -0.05) is 0 Å². The number of benzene rings is 1. The van der Waals surface area contributed by atoms with Gasteiger partial charge in [-0.25, -0.2) is 4.79 Å². The van der Waals surface area contributed by atoms with E-state index in [1.807, 2.05) is 0 Å². The molecule has 0 unspecified atom stereocenters. The first kappa shape index (κ1) is 13.9. The van der Waals surface area contributed by atoms with Crippen molar-refractivity contribution in [1.29, 1.82) is 0 Å². The van der Waals surface area contributed by atoms with Crippen LogP contribution in [0.4, 0.5) is 11.4 Å². The van der Waals surface area contributed by atoms with Crippen LogP contribution in [0.25, 0.3) is 0 Å². The smallest absolute Gasteiger partial charge is 0.335 e. The molecule has 1 rings (SSSR count). The van der Waals surface area contributed by atoms with E-state index >= 15 is 0 Å². The Hall–Kier alpha value is -2.15. The van der Waals surface area contributed by atoms with Gasteiger partial charge in [-0.2, -0.15) is 0 Å². The standard InChI is InChI=1S/C11H14N2O5/c1-11(2,16)6-12-8-4-3-7(10(14)15)5-9(8)13(17)18/h3-5,12,16H,6H2,1-2H3,(H,14,15). The number of hydrogen-bond donors (Lipinski definition) is 3. The van der Waals surface area contributed by atoms with Gasteiger partial charge in [0.25, 0.3) is 5.69 Å². The van der Waals surface area contributed by atoms with Gasteiger partial charge in [0.15, 0.2) is 0 Å². The highest BCUT2D eigenvalue weighted by Gasteiger charge is 2.19. The van der Waals surface area contributed by atoms with Crippen molar-refractivity contribution >= 4 is 17.3 Å². The van der Waals surface area contributed by atoms with Gasteiger partial charge in [0.1, 0.15) is 5.69 Å². The molecule has 0 spiro atoms. The molecule has 0 fully saturated rings. The van der Waals surface area contributed by atoms with Crippen LogP contribution in [0, 0.1) is 10.1 Å². The van der Waals surface area contributed by atoms with E-state index in [4.69, 9.17) is 5.11 Å². The molecule has 1 aromatic carbocycles. The van der Waals surface area contributed by atoms with Crippen molar-refractivity contribution in [2.75, 3.05) is 11.9 Å². The van der Waals surface area contributed by atoms with Crippen LogP contribution >= 0.6 is 0 Å². The summed E-state index contributed by atoms with van der Waals surface area (Å²) in [5.74, 6) is -1.23. The lowest BCUT2D eigenvalue weighted by Gasteiger charge is -2.18. The second-order valence-electron chi connectivity index (χ2n) is 4.46. The fourth-order valence-corrected chi connectivity index (χ4v) is 1.28. The van der Waals surface area contributed by atoms with E-state index in [0.717, 1.165) is 6.07 Å². The maximum absolute atomic E-state index is 10.8. The van der Waals surface area contributed by atoms with Crippen LogP contribution in [0.5, 0.6) is 0 Å². The number of carboxylic acids is 1. The van der Waals surface area contributed by atoms with Gasteiger partial charge in [0, 0.05) is 12.6 Å². The molecule has 0 saturated carbocycles. The lowest BCUT2D eigenvalue weighted by molar-refractivity contribution is -0.384. The molecule has 7 nitrogen and oxygen atoms in total. The first-order chi connectivity index (χ1) is 8.20. The molecule has 0 bridgehead atoms. The Kier molecular flexibility index (Phi) is 3.87. The van der Waals surface area contributed by atoms with E-state index < -0.39 is 16.5 Å². The van der Waals surface area contributed by atoms with Gasteiger partial charge in [-0.05, 0) is 26.0 Å². The van der Waals surface area contributed by atoms with E-state index in [1.165, 1.54) is 12.1 Å². The summed E-state index contributed by atoms with van der Waals surface area (Å²) in [4.78, 5) is 20.9. The number of rotatable bonds is 5. The predicted molar refractivity (Wildman–Crippen MR) is 64.8 cm³/mol. The minimum absolute atomic E-state index is 0.111. The molecular formula is C11H14N2O5. The second-order valence-corrected chi connectivity index (χ2v) is 4.46. The Morgan fingerprint density at radius 2 is 2.11 bits per heavy atom. The second kappa shape index (κ2) is 5.01. The summed E-state index contributed by atoms with van der Waals surface area (Å²) in [6, 6.07) is 3.56. The number of carbonyl (C=O) groups is 1. The van der Waals surface area contributed by atoms with E-state index in [-0.39, 0.29) is 23.5 Å². The van der Waals surface area contributed by atoms with E-state index in [1.54, 1.807) is 13.8 Å². The van der Waals surface area contributed by atoms with Crippen LogP contribution in [0.3, 0.4) is 0 Å². The summed E-state index contributed by atoms with van der Waals surface area (Å²) < 4.78 is 0. The van der Waals surface area contributed by atoms with E-state index in [2.05, 4.69) is 5.32 Å². The number of nitrogens with zero attached hydrogens (tertiary/aromatic N) is 1. The number of aliphatic hydroxyl groups is 1. The minimum Gasteiger partial charge on any atom is -0.478 e. The normalized spacial score (nSPS) is 11.1. The molecule has 0 radical (unpaired) electrons. The van der Waals surface area contributed by atoms with Crippen molar-refractivity contribution in [3.05, 3.63) is 33.9 Å². The van der Waals surface area contributed by atoms with Crippen molar-refractivity contribution in [2.45, 2.75) is 19.4 Å². The molecule has 0 heterocycles. The molecule has 1 aromatic rings. The molecule has 18 heavy (non-hydrogen) atoms. The van der Waals surface area contributed by atoms with Crippen LogP contribution in [-0.4, -0.2) is 33.3 Å². The topological polar surface area (TPSA) is 113 Å². The molecular weight excluding hydrogens is 240 g/mol. The van der Waals surface area contributed by atoms with Crippen molar-refractivity contribution in [2.24, 2.45) is 0 Å². The largest absolute Gasteiger partial charge is 0.478 e. The first-order valence-corrected chi connectivity index (χ1v) is 5.19. The quantitative estimate of drug-likeness (QED) is 0.541. The molecule has 0 aromatic heterocycles. The molecule has 0 aliphatic rings. The zero-order chi connectivity index (χ0) is 13.9. The highest BCUT2D eigenvalue weighted by Crippen LogP contribution is 2.26. The number of aromatic carboxylic acids is 1. The zero-order valence-electron chi connectivity index (χ0n) is 10.0. The van der Waals surface area contributed by atoms with Crippen LogP contribution in [0.1, 0.15) is 24.2 Å². The lowest BCUT2D eigenvalue weighted by Crippen LogP contribution is -2.29. The summed E-state index contributed by atoms with van der Waals surface area (Å²) in [6.07, 6.45) is 0. The number of nitrogens with one attached hydrogen (secondary N) is 1. The van der Waals surface area contributed by atoms with Gasteiger partial charge in [0.05, 0.1) is 16.1 Å². The van der Waals surface area contributed by atoms with Crippen LogP contribution < -0.4 is 5.32 Å². The summed E-state index contributed by atoms with van der Waals surface area (Å²) in [7, 11) is 0. The van der Waals surface area contributed by atoms with E-state index in [0.29, 0.717) is 0 Å².